The summed E-state index contributed by atoms with van der Waals surface area (Å²) in [6.07, 6.45) is 2.76. The molecular formula is C40H58N4O9. The SMILES string of the molecule is CC(=O)N1CCC(N(Cc2ccc3c(c2)OCCO3)C(=O)OC(C)(C)C)CC1.CC(C)(C)OC(=O)N(Cc1ccc2c(c1)OCCO2)C1CCNCC1. The van der Waals surface area contributed by atoms with E-state index in [2.05, 4.69) is 5.32 Å². The van der Waals surface area contributed by atoms with E-state index in [4.69, 9.17) is 28.4 Å². The van der Waals surface area contributed by atoms with Gasteiger partial charge in [-0.1, -0.05) is 12.1 Å². The summed E-state index contributed by atoms with van der Waals surface area (Å²) in [7, 11) is 0. The van der Waals surface area contributed by atoms with Crippen LogP contribution >= 0.6 is 0 Å². The maximum absolute atomic E-state index is 12.9. The number of hydrogen-bond donors (Lipinski definition) is 1. The smallest absolute Gasteiger partial charge is 0.410 e. The van der Waals surface area contributed by atoms with E-state index < -0.39 is 11.2 Å². The van der Waals surface area contributed by atoms with E-state index in [-0.39, 0.29) is 30.2 Å². The molecule has 0 saturated carbocycles. The summed E-state index contributed by atoms with van der Waals surface area (Å²) >= 11 is 0. The van der Waals surface area contributed by atoms with Crippen molar-refractivity contribution < 1.29 is 42.8 Å². The first-order valence-corrected chi connectivity index (χ1v) is 18.9. The van der Waals surface area contributed by atoms with Crippen LogP contribution in [0.5, 0.6) is 23.0 Å². The number of rotatable bonds is 6. The second-order valence-corrected chi connectivity index (χ2v) is 15.9. The van der Waals surface area contributed by atoms with Crippen LogP contribution < -0.4 is 24.3 Å². The molecule has 0 spiro atoms. The molecule has 13 nitrogen and oxygen atoms in total. The molecule has 13 heteroatoms. The first-order valence-electron chi connectivity index (χ1n) is 18.9. The molecule has 4 heterocycles. The summed E-state index contributed by atoms with van der Waals surface area (Å²) < 4.78 is 33.8. The van der Waals surface area contributed by atoms with Crippen molar-refractivity contribution in [1.82, 2.24) is 20.0 Å². The zero-order chi connectivity index (χ0) is 38.2. The van der Waals surface area contributed by atoms with Gasteiger partial charge >= 0.3 is 12.2 Å². The lowest BCUT2D eigenvalue weighted by molar-refractivity contribution is -0.130. The van der Waals surface area contributed by atoms with E-state index >= 15 is 0 Å². The molecule has 3 amide bonds. The van der Waals surface area contributed by atoms with Gasteiger partial charge in [0.25, 0.3) is 0 Å². The summed E-state index contributed by atoms with van der Waals surface area (Å²) in [5.74, 6) is 3.03. The Morgan fingerprint density at radius 2 is 1.06 bits per heavy atom. The van der Waals surface area contributed by atoms with Crippen molar-refractivity contribution in [2.45, 2.75) is 111 Å². The van der Waals surface area contributed by atoms with E-state index in [0.29, 0.717) is 58.4 Å². The number of carbonyl (C=O) groups excluding carboxylic acids is 3. The van der Waals surface area contributed by atoms with Crippen LogP contribution in [0.4, 0.5) is 9.59 Å². The van der Waals surface area contributed by atoms with Crippen LogP contribution in [0.25, 0.3) is 0 Å². The summed E-state index contributed by atoms with van der Waals surface area (Å²) in [6.45, 7) is 19.2. The number of piperidine rings is 2. The molecule has 2 fully saturated rings. The average Bonchev–Trinajstić information content (AvgIpc) is 3.12. The number of ether oxygens (including phenoxy) is 6. The van der Waals surface area contributed by atoms with Crippen molar-refractivity contribution in [2.24, 2.45) is 0 Å². The molecule has 2 aromatic carbocycles. The van der Waals surface area contributed by atoms with Crippen LogP contribution in [-0.2, 0) is 27.4 Å². The number of benzene rings is 2. The molecule has 0 aliphatic carbocycles. The lowest BCUT2D eigenvalue weighted by atomic mass is 10.0. The molecule has 53 heavy (non-hydrogen) atoms. The quantitative estimate of drug-likeness (QED) is 0.369. The third kappa shape index (κ3) is 11.8. The van der Waals surface area contributed by atoms with Crippen molar-refractivity contribution in [3.63, 3.8) is 0 Å². The molecule has 0 radical (unpaired) electrons. The number of fused-ring (bicyclic) bond motifs is 2. The van der Waals surface area contributed by atoms with Gasteiger partial charge in [-0.2, -0.15) is 0 Å². The van der Waals surface area contributed by atoms with Gasteiger partial charge in [0, 0.05) is 45.2 Å². The predicted octanol–water partition coefficient (Wildman–Crippen LogP) is 6.15. The highest BCUT2D eigenvalue weighted by Crippen LogP contribution is 2.33. The Morgan fingerprint density at radius 1 is 0.660 bits per heavy atom. The Hall–Kier alpha value is -4.39. The topological polar surface area (TPSA) is 128 Å². The summed E-state index contributed by atoms with van der Waals surface area (Å²) in [5, 5.41) is 3.35. The fourth-order valence-electron chi connectivity index (χ4n) is 6.70. The minimum Gasteiger partial charge on any atom is -0.486 e. The Labute approximate surface area is 314 Å². The number of amides is 3. The molecule has 0 aromatic heterocycles. The lowest BCUT2D eigenvalue weighted by Gasteiger charge is -2.39. The van der Waals surface area contributed by atoms with Crippen molar-refractivity contribution >= 4 is 18.1 Å². The van der Waals surface area contributed by atoms with Gasteiger partial charge in [-0.15, -0.1) is 0 Å². The minimum absolute atomic E-state index is 0.0265. The third-order valence-corrected chi connectivity index (χ3v) is 9.28. The first kappa shape index (κ1) is 39.8. The maximum atomic E-state index is 12.9. The largest absolute Gasteiger partial charge is 0.486 e. The highest BCUT2D eigenvalue weighted by molar-refractivity contribution is 5.73. The van der Waals surface area contributed by atoms with E-state index in [1.54, 1.807) is 11.8 Å². The Morgan fingerprint density at radius 3 is 1.45 bits per heavy atom. The molecule has 0 atom stereocenters. The fourth-order valence-corrected chi connectivity index (χ4v) is 6.70. The normalized spacial score (nSPS) is 17.5. The van der Waals surface area contributed by atoms with E-state index in [1.165, 1.54) is 0 Å². The van der Waals surface area contributed by atoms with Crippen LogP contribution in [0.1, 0.15) is 85.3 Å². The molecule has 4 aliphatic rings. The van der Waals surface area contributed by atoms with E-state index in [9.17, 15) is 14.4 Å². The summed E-state index contributed by atoms with van der Waals surface area (Å²) in [5.41, 5.74) is 0.912. The number of nitrogens with one attached hydrogen (secondary N) is 1. The second-order valence-electron chi connectivity index (χ2n) is 15.9. The summed E-state index contributed by atoms with van der Waals surface area (Å²) in [6, 6.07) is 11.8. The van der Waals surface area contributed by atoms with Crippen LogP contribution in [0.15, 0.2) is 36.4 Å². The van der Waals surface area contributed by atoms with Crippen molar-refractivity contribution in [3.8, 4) is 23.0 Å². The van der Waals surface area contributed by atoms with Crippen molar-refractivity contribution in [2.75, 3.05) is 52.6 Å². The average molecular weight is 739 g/mol. The predicted molar refractivity (Wildman–Crippen MR) is 200 cm³/mol. The fraction of sp³-hybridized carbons (Fsp3) is 0.625. The first-order chi connectivity index (χ1) is 25.1. The molecule has 6 rings (SSSR count). The number of nitrogens with zero attached hydrogens (tertiary/aromatic N) is 3. The molecule has 0 unspecified atom stereocenters. The molecule has 2 aromatic rings. The van der Waals surface area contributed by atoms with Crippen molar-refractivity contribution in [3.05, 3.63) is 47.5 Å². The number of carbonyl (C=O) groups is 3. The van der Waals surface area contributed by atoms with Crippen molar-refractivity contribution in [1.29, 1.82) is 0 Å². The van der Waals surface area contributed by atoms with Gasteiger partial charge < -0.3 is 48.4 Å². The summed E-state index contributed by atoms with van der Waals surface area (Å²) in [4.78, 5) is 42.8. The van der Waals surface area contributed by atoms with Crippen LogP contribution in [0, 0.1) is 0 Å². The molecule has 4 aliphatic heterocycles. The number of hydrogen-bond acceptors (Lipinski definition) is 10. The van der Waals surface area contributed by atoms with Crippen LogP contribution in [0.3, 0.4) is 0 Å². The lowest BCUT2D eigenvalue weighted by Crippen LogP contribution is -2.49. The molecule has 2 saturated heterocycles. The van der Waals surface area contributed by atoms with Gasteiger partial charge in [0.15, 0.2) is 23.0 Å². The molecule has 292 valence electrons. The second kappa shape index (κ2) is 17.6. The van der Waals surface area contributed by atoms with Crippen LogP contribution in [-0.4, -0.2) is 109 Å². The standard InChI is InChI=1S/C21H30N2O5.C19H28N2O4/c1-15(24)22-9-7-17(8-10-22)23(20(25)28-21(2,3)4)14-16-5-6-18-19(13-16)27-12-11-26-18;1-19(2,3)25-18(22)21(15-6-8-20-9-7-15)13-14-4-5-16-17(12-14)24-11-10-23-16/h5-6,13,17H,7-12,14H2,1-4H3;4-5,12,15,20H,6-11,13H2,1-3H3. The van der Waals surface area contributed by atoms with Gasteiger partial charge in [-0.05, 0) is 116 Å². The minimum atomic E-state index is -0.567. The van der Waals surface area contributed by atoms with Gasteiger partial charge in [-0.25, -0.2) is 9.59 Å². The zero-order valence-electron chi connectivity index (χ0n) is 32.5. The van der Waals surface area contributed by atoms with E-state index in [0.717, 1.165) is 67.1 Å². The third-order valence-electron chi connectivity index (χ3n) is 9.28. The van der Waals surface area contributed by atoms with Gasteiger partial charge in [0.2, 0.25) is 5.91 Å². The Bertz CT molecular complexity index is 1560. The van der Waals surface area contributed by atoms with Gasteiger partial charge in [0.05, 0.1) is 0 Å². The van der Waals surface area contributed by atoms with Gasteiger partial charge in [0.1, 0.15) is 37.6 Å². The molecule has 0 bridgehead atoms. The van der Waals surface area contributed by atoms with Gasteiger partial charge in [-0.3, -0.25) is 4.79 Å². The monoisotopic (exact) mass is 738 g/mol. The Balaban J connectivity index is 0.000000206. The number of likely N-dealkylation sites (tertiary alicyclic amines) is 1. The molecule has 1 N–H and O–H groups in total. The Kier molecular flexibility index (Phi) is 13.2. The molecular weight excluding hydrogens is 680 g/mol. The van der Waals surface area contributed by atoms with E-state index in [1.807, 2.05) is 87.7 Å². The van der Waals surface area contributed by atoms with Crippen LogP contribution in [0.2, 0.25) is 0 Å². The highest BCUT2D eigenvalue weighted by Gasteiger charge is 2.33. The zero-order valence-corrected chi connectivity index (χ0v) is 32.5. The highest BCUT2D eigenvalue weighted by atomic mass is 16.6. The maximum Gasteiger partial charge on any atom is 0.410 e.